The topological polar surface area (TPSA) is 49.6 Å². The molecule has 0 aliphatic heterocycles. The number of nitrogens with zero attached hydrogens (tertiary/aromatic N) is 2. The third-order valence-corrected chi connectivity index (χ3v) is 0.751. The molecule has 1 N–H and O–H groups in total. The van der Waals surface area contributed by atoms with E-state index in [1.807, 2.05) is 0 Å². The van der Waals surface area contributed by atoms with Crippen LogP contribution in [0.3, 0.4) is 0 Å². The lowest BCUT2D eigenvalue weighted by Gasteiger charge is -1.78. The van der Waals surface area contributed by atoms with E-state index in [4.69, 9.17) is 0 Å². The van der Waals surface area contributed by atoms with Gasteiger partial charge in [-0.05, 0) is 0 Å². The standard InChI is InChI=1S/C4H5N3O/c1-7-3-5-4(8)2-6-7/h2-3H,1H3/p+1. The Balaban J connectivity index is 3.22. The van der Waals surface area contributed by atoms with Crippen LogP contribution in [0.2, 0.25) is 0 Å². The molecule has 0 aliphatic rings. The van der Waals surface area contributed by atoms with Gasteiger partial charge in [0.2, 0.25) is 0 Å². The Morgan fingerprint density at radius 1 is 1.88 bits per heavy atom. The molecular formula is C4H6N3O+. The summed E-state index contributed by atoms with van der Waals surface area (Å²) in [6, 6.07) is 0. The van der Waals surface area contributed by atoms with Crippen molar-refractivity contribution in [3.8, 4) is 0 Å². The van der Waals surface area contributed by atoms with Crippen LogP contribution in [-0.2, 0) is 7.05 Å². The summed E-state index contributed by atoms with van der Waals surface area (Å²) in [5.41, 5.74) is -0.178. The summed E-state index contributed by atoms with van der Waals surface area (Å²) in [5.74, 6) is 0. The molecule has 0 aliphatic carbocycles. The Morgan fingerprint density at radius 3 is 3.00 bits per heavy atom. The summed E-state index contributed by atoms with van der Waals surface area (Å²) in [7, 11) is 1.73. The third-order valence-electron chi connectivity index (χ3n) is 0.751. The van der Waals surface area contributed by atoms with Gasteiger partial charge in [0.25, 0.3) is 6.33 Å². The van der Waals surface area contributed by atoms with Gasteiger partial charge in [-0.3, -0.25) is 0 Å². The van der Waals surface area contributed by atoms with E-state index in [2.05, 4.69) is 10.1 Å². The van der Waals surface area contributed by atoms with Crippen molar-refractivity contribution in [1.29, 1.82) is 0 Å². The van der Waals surface area contributed by atoms with Crippen LogP contribution in [0.25, 0.3) is 0 Å². The Kier molecular flexibility index (Phi) is 1.07. The second-order valence-corrected chi connectivity index (χ2v) is 1.46. The molecule has 0 saturated heterocycles. The summed E-state index contributed by atoms with van der Waals surface area (Å²) in [6.07, 6.45) is 2.71. The highest BCUT2D eigenvalue weighted by Gasteiger charge is 1.86. The Labute approximate surface area is 45.8 Å². The number of H-pyrrole nitrogens is 1. The van der Waals surface area contributed by atoms with Crippen molar-refractivity contribution in [2.75, 3.05) is 0 Å². The first kappa shape index (κ1) is 4.96. The smallest absolute Gasteiger partial charge is 0.240 e. The largest absolute Gasteiger partial charge is 0.353 e. The van der Waals surface area contributed by atoms with Crippen molar-refractivity contribution in [3.63, 3.8) is 0 Å². The van der Waals surface area contributed by atoms with Gasteiger partial charge in [0.1, 0.15) is 7.05 Å². The van der Waals surface area contributed by atoms with Crippen LogP contribution in [-0.4, -0.2) is 10.1 Å². The van der Waals surface area contributed by atoms with Gasteiger partial charge in [-0.25, -0.2) is 9.78 Å². The van der Waals surface area contributed by atoms with E-state index < -0.39 is 0 Å². The van der Waals surface area contributed by atoms with Crippen molar-refractivity contribution in [2.45, 2.75) is 0 Å². The molecule has 0 atom stereocenters. The van der Waals surface area contributed by atoms with E-state index in [1.165, 1.54) is 17.2 Å². The first-order valence-corrected chi connectivity index (χ1v) is 2.20. The van der Waals surface area contributed by atoms with Gasteiger partial charge in [0.15, 0.2) is 6.20 Å². The van der Waals surface area contributed by atoms with Gasteiger partial charge >= 0.3 is 5.56 Å². The second kappa shape index (κ2) is 1.73. The van der Waals surface area contributed by atoms with Crippen LogP contribution in [0, 0.1) is 0 Å². The summed E-state index contributed by atoms with van der Waals surface area (Å²) in [5, 5.41) is 3.65. The van der Waals surface area contributed by atoms with E-state index in [9.17, 15) is 4.79 Å². The molecule has 1 aromatic heterocycles. The highest BCUT2D eigenvalue weighted by molar-refractivity contribution is 4.60. The average Bonchev–Trinajstić information content (AvgIpc) is 1.77. The van der Waals surface area contributed by atoms with Crippen molar-refractivity contribution in [3.05, 3.63) is 22.9 Å². The van der Waals surface area contributed by atoms with Crippen molar-refractivity contribution >= 4 is 0 Å². The zero-order chi connectivity index (χ0) is 5.98. The zero-order valence-corrected chi connectivity index (χ0v) is 4.46. The van der Waals surface area contributed by atoms with Crippen molar-refractivity contribution < 1.29 is 4.68 Å². The Bertz CT molecular complexity index is 208. The van der Waals surface area contributed by atoms with Gasteiger partial charge < -0.3 is 0 Å². The van der Waals surface area contributed by atoms with Gasteiger partial charge in [-0.2, -0.15) is 0 Å². The van der Waals surface area contributed by atoms with Gasteiger partial charge in [-0.1, -0.05) is 5.10 Å². The lowest BCUT2D eigenvalue weighted by atomic mass is 10.9. The summed E-state index contributed by atoms with van der Waals surface area (Å²) in [6.45, 7) is 0. The summed E-state index contributed by atoms with van der Waals surface area (Å²) < 4.78 is 1.52. The molecule has 0 unspecified atom stereocenters. The number of aromatic nitrogens is 3. The van der Waals surface area contributed by atoms with Gasteiger partial charge in [-0.15, -0.1) is 4.68 Å². The molecule has 0 bridgehead atoms. The zero-order valence-electron chi connectivity index (χ0n) is 4.46. The normalized spacial score (nSPS) is 9.12. The lowest BCUT2D eigenvalue weighted by molar-refractivity contribution is -0.733. The predicted molar refractivity (Wildman–Crippen MR) is 26.0 cm³/mol. The van der Waals surface area contributed by atoms with Crippen LogP contribution in [0.1, 0.15) is 0 Å². The molecule has 4 heteroatoms. The number of hydrogen-bond acceptors (Lipinski definition) is 2. The summed E-state index contributed by atoms with van der Waals surface area (Å²) >= 11 is 0. The van der Waals surface area contributed by atoms with Crippen LogP contribution < -0.4 is 10.2 Å². The maximum Gasteiger partial charge on any atom is 0.353 e. The van der Waals surface area contributed by atoms with Crippen molar-refractivity contribution in [1.82, 2.24) is 10.1 Å². The number of nitrogens with one attached hydrogen (secondary N) is 1. The Hall–Kier alpha value is -1.19. The van der Waals surface area contributed by atoms with E-state index in [1.54, 1.807) is 7.05 Å². The molecule has 1 aromatic rings. The number of hydrogen-bond donors (Lipinski definition) is 1. The van der Waals surface area contributed by atoms with Crippen LogP contribution in [0.5, 0.6) is 0 Å². The van der Waals surface area contributed by atoms with Crippen LogP contribution in [0.15, 0.2) is 17.3 Å². The number of rotatable bonds is 0. The van der Waals surface area contributed by atoms with Crippen LogP contribution in [0.4, 0.5) is 0 Å². The molecule has 0 spiro atoms. The molecule has 42 valence electrons. The summed E-state index contributed by atoms with van der Waals surface area (Å²) in [4.78, 5) is 12.7. The SMILES string of the molecule is C[n+]1c[nH]c(=O)cn1. The van der Waals surface area contributed by atoms with E-state index in [0.717, 1.165) is 0 Å². The fourth-order valence-corrected chi connectivity index (χ4v) is 0.371. The Morgan fingerprint density at radius 2 is 2.62 bits per heavy atom. The number of aromatic amines is 1. The monoisotopic (exact) mass is 112 g/mol. The minimum absolute atomic E-state index is 0.178. The van der Waals surface area contributed by atoms with Gasteiger partial charge in [0, 0.05) is 0 Å². The lowest BCUT2D eigenvalue weighted by Crippen LogP contribution is -2.35. The third kappa shape index (κ3) is 0.900. The molecular weight excluding hydrogens is 106 g/mol. The highest BCUT2D eigenvalue weighted by Crippen LogP contribution is 1.46. The average molecular weight is 112 g/mol. The first-order valence-electron chi connectivity index (χ1n) is 2.20. The molecule has 1 heterocycles. The number of aryl methyl sites for hydroxylation is 1. The van der Waals surface area contributed by atoms with Gasteiger partial charge in [0.05, 0.1) is 0 Å². The quantitative estimate of drug-likeness (QED) is 0.419. The molecule has 0 amide bonds. The molecule has 0 fully saturated rings. The molecule has 4 nitrogen and oxygen atoms in total. The first-order chi connectivity index (χ1) is 3.79. The maximum absolute atomic E-state index is 10.3. The molecule has 0 radical (unpaired) electrons. The van der Waals surface area contributed by atoms with E-state index in [0.29, 0.717) is 0 Å². The fourth-order valence-electron chi connectivity index (χ4n) is 0.371. The second-order valence-electron chi connectivity index (χ2n) is 1.46. The highest BCUT2D eigenvalue weighted by atomic mass is 16.1. The predicted octanol–water partition coefficient (Wildman–Crippen LogP) is -1.41. The van der Waals surface area contributed by atoms with Crippen LogP contribution >= 0.6 is 0 Å². The van der Waals surface area contributed by atoms with E-state index in [-0.39, 0.29) is 5.56 Å². The fraction of sp³-hybridized carbons (Fsp3) is 0.250. The maximum atomic E-state index is 10.3. The molecule has 1 rings (SSSR count). The molecule has 8 heavy (non-hydrogen) atoms. The minimum atomic E-state index is -0.178. The van der Waals surface area contributed by atoms with Crippen molar-refractivity contribution in [2.24, 2.45) is 7.05 Å². The molecule has 0 saturated carbocycles. The molecule has 0 aromatic carbocycles. The minimum Gasteiger partial charge on any atom is -0.240 e. The van der Waals surface area contributed by atoms with E-state index >= 15 is 0 Å².